The van der Waals surface area contributed by atoms with Gasteiger partial charge in [-0.3, -0.25) is 0 Å². The van der Waals surface area contributed by atoms with Gasteiger partial charge in [0.2, 0.25) is 0 Å². The van der Waals surface area contributed by atoms with E-state index in [0.29, 0.717) is 17.5 Å². The Labute approximate surface area is 131 Å². The SMILES string of the molecule is CC(C)CC(NC1CCC(C)(C)CC1C)c1ccccc1. The highest BCUT2D eigenvalue weighted by atomic mass is 15.0. The Balaban J connectivity index is 2.05. The molecule has 3 atom stereocenters. The summed E-state index contributed by atoms with van der Waals surface area (Å²) >= 11 is 0. The maximum Gasteiger partial charge on any atom is 0.0325 e. The van der Waals surface area contributed by atoms with E-state index in [1.807, 2.05) is 0 Å². The first kappa shape index (κ1) is 16.5. The van der Waals surface area contributed by atoms with Crippen LogP contribution in [0.3, 0.4) is 0 Å². The third-order valence-electron chi connectivity index (χ3n) is 5.02. The molecule has 1 N–H and O–H groups in total. The van der Waals surface area contributed by atoms with Crippen molar-refractivity contribution >= 4 is 0 Å². The van der Waals surface area contributed by atoms with Crippen molar-refractivity contribution in [2.45, 2.75) is 72.4 Å². The minimum absolute atomic E-state index is 0.500. The summed E-state index contributed by atoms with van der Waals surface area (Å²) in [5.74, 6) is 1.49. The highest BCUT2D eigenvalue weighted by Gasteiger charge is 2.33. The van der Waals surface area contributed by atoms with Crippen molar-refractivity contribution < 1.29 is 0 Å². The highest BCUT2D eigenvalue weighted by molar-refractivity contribution is 5.19. The number of hydrogen-bond donors (Lipinski definition) is 1. The molecule has 0 saturated heterocycles. The molecule has 0 amide bonds. The van der Waals surface area contributed by atoms with Gasteiger partial charge in [0.25, 0.3) is 0 Å². The van der Waals surface area contributed by atoms with E-state index >= 15 is 0 Å². The van der Waals surface area contributed by atoms with Crippen molar-refractivity contribution in [3.05, 3.63) is 35.9 Å². The van der Waals surface area contributed by atoms with Crippen LogP contribution in [0.2, 0.25) is 0 Å². The topological polar surface area (TPSA) is 12.0 Å². The minimum Gasteiger partial charge on any atom is -0.307 e. The average Bonchev–Trinajstić information content (AvgIpc) is 2.41. The number of hydrogen-bond acceptors (Lipinski definition) is 1. The fourth-order valence-electron chi connectivity index (χ4n) is 3.91. The summed E-state index contributed by atoms with van der Waals surface area (Å²) < 4.78 is 0. The molecule has 1 fully saturated rings. The van der Waals surface area contributed by atoms with Gasteiger partial charge in [-0.05, 0) is 48.5 Å². The van der Waals surface area contributed by atoms with Gasteiger partial charge in [0, 0.05) is 12.1 Å². The summed E-state index contributed by atoms with van der Waals surface area (Å²) in [6.45, 7) is 11.9. The standard InChI is InChI=1S/C20H33N/c1-15(2)13-19(17-9-7-6-8-10-17)21-18-11-12-20(4,5)14-16(18)3/h6-10,15-16,18-19,21H,11-14H2,1-5H3. The van der Waals surface area contributed by atoms with Gasteiger partial charge in [-0.2, -0.15) is 0 Å². The van der Waals surface area contributed by atoms with E-state index in [4.69, 9.17) is 0 Å². The maximum absolute atomic E-state index is 3.99. The van der Waals surface area contributed by atoms with Crippen LogP contribution < -0.4 is 5.32 Å². The zero-order chi connectivity index (χ0) is 15.5. The van der Waals surface area contributed by atoms with Gasteiger partial charge in [0.1, 0.15) is 0 Å². The Morgan fingerprint density at radius 1 is 1.19 bits per heavy atom. The minimum atomic E-state index is 0.500. The van der Waals surface area contributed by atoms with Crippen LogP contribution in [-0.4, -0.2) is 6.04 Å². The molecule has 0 aliphatic heterocycles. The first-order chi connectivity index (χ1) is 9.87. The van der Waals surface area contributed by atoms with Gasteiger partial charge in [-0.25, -0.2) is 0 Å². The zero-order valence-corrected chi connectivity index (χ0v) is 14.5. The van der Waals surface area contributed by atoms with Crippen LogP contribution >= 0.6 is 0 Å². The second-order valence-electron chi connectivity index (χ2n) is 8.25. The van der Waals surface area contributed by atoms with Gasteiger partial charge in [0.15, 0.2) is 0 Å². The fourth-order valence-corrected chi connectivity index (χ4v) is 3.91. The van der Waals surface area contributed by atoms with E-state index in [0.717, 1.165) is 11.8 Å². The predicted molar refractivity (Wildman–Crippen MR) is 92.4 cm³/mol. The number of rotatable bonds is 5. The first-order valence-corrected chi connectivity index (χ1v) is 8.68. The van der Waals surface area contributed by atoms with Crippen LogP contribution in [0, 0.1) is 17.3 Å². The van der Waals surface area contributed by atoms with Crippen molar-refractivity contribution in [1.82, 2.24) is 5.32 Å². The van der Waals surface area contributed by atoms with Crippen LogP contribution in [0.25, 0.3) is 0 Å². The fraction of sp³-hybridized carbons (Fsp3) is 0.700. The van der Waals surface area contributed by atoms with Gasteiger partial charge < -0.3 is 5.32 Å². The summed E-state index contributed by atoms with van der Waals surface area (Å²) in [4.78, 5) is 0. The molecule has 2 rings (SSSR count). The zero-order valence-electron chi connectivity index (χ0n) is 14.5. The molecule has 0 aromatic heterocycles. The molecule has 1 aromatic carbocycles. The molecule has 0 bridgehead atoms. The Bertz CT molecular complexity index is 421. The molecular formula is C20H33N. The lowest BCUT2D eigenvalue weighted by molar-refractivity contribution is 0.138. The largest absolute Gasteiger partial charge is 0.307 e. The molecule has 118 valence electrons. The van der Waals surface area contributed by atoms with Crippen LogP contribution in [0.15, 0.2) is 30.3 Å². The Hall–Kier alpha value is -0.820. The summed E-state index contributed by atoms with van der Waals surface area (Å²) in [6, 6.07) is 12.2. The van der Waals surface area contributed by atoms with Crippen molar-refractivity contribution in [3.63, 3.8) is 0 Å². The van der Waals surface area contributed by atoms with Gasteiger partial charge in [0.05, 0.1) is 0 Å². The summed E-state index contributed by atoms with van der Waals surface area (Å²) in [7, 11) is 0. The summed E-state index contributed by atoms with van der Waals surface area (Å²) in [5.41, 5.74) is 1.97. The van der Waals surface area contributed by atoms with Crippen molar-refractivity contribution in [3.8, 4) is 0 Å². The third-order valence-corrected chi connectivity index (χ3v) is 5.02. The number of nitrogens with one attached hydrogen (secondary N) is 1. The van der Waals surface area contributed by atoms with Crippen molar-refractivity contribution in [2.24, 2.45) is 17.3 Å². The monoisotopic (exact) mass is 287 g/mol. The van der Waals surface area contributed by atoms with E-state index in [1.54, 1.807) is 0 Å². The predicted octanol–water partition coefficient (Wildman–Crippen LogP) is 5.58. The molecule has 1 heteroatoms. The molecule has 1 aromatic rings. The molecule has 1 aliphatic carbocycles. The van der Waals surface area contributed by atoms with Gasteiger partial charge >= 0.3 is 0 Å². The summed E-state index contributed by atoms with van der Waals surface area (Å²) in [6.07, 6.45) is 5.22. The molecule has 1 aliphatic rings. The highest BCUT2D eigenvalue weighted by Crippen LogP contribution is 2.39. The van der Waals surface area contributed by atoms with Crippen LogP contribution in [0.5, 0.6) is 0 Å². The number of benzene rings is 1. The Kier molecular flexibility index (Phi) is 5.48. The lowest BCUT2D eigenvalue weighted by atomic mass is 9.70. The van der Waals surface area contributed by atoms with E-state index in [1.165, 1.54) is 31.2 Å². The van der Waals surface area contributed by atoms with E-state index in [9.17, 15) is 0 Å². The summed E-state index contributed by atoms with van der Waals surface area (Å²) in [5, 5.41) is 3.99. The third kappa shape index (κ3) is 4.85. The van der Waals surface area contributed by atoms with Crippen LogP contribution in [0.4, 0.5) is 0 Å². The molecule has 1 nitrogen and oxygen atoms in total. The molecule has 0 radical (unpaired) electrons. The molecular weight excluding hydrogens is 254 g/mol. The normalized spacial score (nSPS) is 26.8. The Morgan fingerprint density at radius 2 is 1.86 bits per heavy atom. The first-order valence-electron chi connectivity index (χ1n) is 8.68. The second kappa shape index (κ2) is 6.96. The molecule has 3 unspecified atom stereocenters. The maximum atomic E-state index is 3.99. The lowest BCUT2D eigenvalue weighted by Crippen LogP contribution is -2.43. The lowest BCUT2D eigenvalue weighted by Gasteiger charge is -2.41. The Morgan fingerprint density at radius 3 is 2.43 bits per heavy atom. The molecule has 1 saturated carbocycles. The van der Waals surface area contributed by atoms with Crippen LogP contribution in [-0.2, 0) is 0 Å². The van der Waals surface area contributed by atoms with E-state index in [2.05, 4.69) is 70.3 Å². The molecule has 0 heterocycles. The van der Waals surface area contributed by atoms with Crippen molar-refractivity contribution in [2.75, 3.05) is 0 Å². The van der Waals surface area contributed by atoms with E-state index in [-0.39, 0.29) is 0 Å². The van der Waals surface area contributed by atoms with Crippen molar-refractivity contribution in [1.29, 1.82) is 0 Å². The van der Waals surface area contributed by atoms with Gasteiger partial charge in [-0.1, -0.05) is 65.0 Å². The smallest absolute Gasteiger partial charge is 0.0325 e. The quantitative estimate of drug-likeness (QED) is 0.745. The molecule has 21 heavy (non-hydrogen) atoms. The van der Waals surface area contributed by atoms with E-state index < -0.39 is 0 Å². The van der Waals surface area contributed by atoms with Gasteiger partial charge in [-0.15, -0.1) is 0 Å². The molecule has 0 spiro atoms. The second-order valence-corrected chi connectivity index (χ2v) is 8.25. The van der Waals surface area contributed by atoms with Crippen LogP contribution in [0.1, 0.15) is 71.9 Å². The average molecular weight is 287 g/mol.